The van der Waals surface area contributed by atoms with E-state index in [4.69, 9.17) is 5.73 Å². The van der Waals surface area contributed by atoms with E-state index in [1.54, 1.807) is 24.3 Å². The van der Waals surface area contributed by atoms with Gasteiger partial charge in [-0.3, -0.25) is 14.4 Å². The van der Waals surface area contributed by atoms with E-state index in [0.29, 0.717) is 0 Å². The van der Waals surface area contributed by atoms with Crippen LogP contribution in [0.25, 0.3) is 0 Å². The van der Waals surface area contributed by atoms with Gasteiger partial charge in [0.2, 0.25) is 17.7 Å². The van der Waals surface area contributed by atoms with Crippen molar-refractivity contribution in [3.63, 3.8) is 0 Å². The van der Waals surface area contributed by atoms with Crippen LogP contribution < -0.4 is 21.7 Å². The highest BCUT2D eigenvalue weighted by Gasteiger charge is 2.33. The average Bonchev–Trinajstić information content (AvgIpc) is 2.86. The van der Waals surface area contributed by atoms with Crippen molar-refractivity contribution in [2.75, 3.05) is 0 Å². The van der Waals surface area contributed by atoms with Gasteiger partial charge in [-0.1, -0.05) is 74.5 Å². The second-order valence-corrected chi connectivity index (χ2v) is 9.80. The molecule has 2 rings (SSSR count). The maximum atomic E-state index is 13.3. The summed E-state index contributed by atoms with van der Waals surface area (Å²) in [6, 6.07) is 13.5. The van der Waals surface area contributed by atoms with Crippen LogP contribution in [-0.4, -0.2) is 64.2 Å². The molecule has 0 saturated heterocycles. The fourth-order valence-electron chi connectivity index (χ4n) is 3.91. The highest BCUT2D eigenvalue weighted by atomic mass is 16.4. The fourth-order valence-corrected chi connectivity index (χ4v) is 3.91. The van der Waals surface area contributed by atoms with E-state index in [-0.39, 0.29) is 25.2 Å². The number of aliphatic carboxylic acids is 1. The Morgan fingerprint density at radius 3 is 1.71 bits per heavy atom. The molecular formula is C28H38N4O6. The van der Waals surface area contributed by atoms with Crippen LogP contribution in [0.2, 0.25) is 0 Å². The molecule has 0 heterocycles. The lowest BCUT2D eigenvalue weighted by molar-refractivity contribution is -0.143. The van der Waals surface area contributed by atoms with Crippen molar-refractivity contribution >= 4 is 23.7 Å². The third kappa shape index (κ3) is 9.95. The molecule has 38 heavy (non-hydrogen) atoms. The van der Waals surface area contributed by atoms with Gasteiger partial charge in [-0.05, 0) is 36.8 Å². The van der Waals surface area contributed by atoms with Crippen molar-refractivity contribution in [3.8, 4) is 0 Å². The molecule has 5 unspecified atom stereocenters. The van der Waals surface area contributed by atoms with Gasteiger partial charge >= 0.3 is 5.97 Å². The van der Waals surface area contributed by atoms with Crippen molar-refractivity contribution in [1.82, 2.24) is 16.0 Å². The molecule has 10 heteroatoms. The monoisotopic (exact) mass is 526 g/mol. The van der Waals surface area contributed by atoms with Crippen LogP contribution in [0, 0.1) is 5.92 Å². The fraction of sp³-hybridized carbons (Fsp3) is 0.429. The van der Waals surface area contributed by atoms with E-state index in [9.17, 15) is 29.4 Å². The summed E-state index contributed by atoms with van der Waals surface area (Å²) < 4.78 is 0. The van der Waals surface area contributed by atoms with Gasteiger partial charge in [0.05, 0.1) is 12.1 Å². The van der Waals surface area contributed by atoms with Crippen molar-refractivity contribution in [2.45, 2.75) is 70.3 Å². The van der Waals surface area contributed by atoms with Gasteiger partial charge in [-0.2, -0.15) is 0 Å². The summed E-state index contributed by atoms with van der Waals surface area (Å²) in [6.07, 6.45) is -0.790. The molecule has 3 amide bonds. The number of benzene rings is 2. The SMILES string of the molecule is CC(C)CC(NC(=O)C(NC(=O)C(Cc1ccccc1)NC(=O)C(N)Cc1ccccc1)C(C)O)C(=O)O. The zero-order valence-corrected chi connectivity index (χ0v) is 22.0. The number of carboxylic acids is 1. The van der Waals surface area contributed by atoms with Gasteiger partial charge in [0.1, 0.15) is 18.1 Å². The molecule has 0 spiro atoms. The molecule has 0 fully saturated rings. The summed E-state index contributed by atoms with van der Waals surface area (Å²) in [6.45, 7) is 4.94. The van der Waals surface area contributed by atoms with Gasteiger partial charge in [0.25, 0.3) is 0 Å². The predicted molar refractivity (Wildman–Crippen MR) is 143 cm³/mol. The number of carbonyl (C=O) groups excluding carboxylic acids is 3. The summed E-state index contributed by atoms with van der Waals surface area (Å²) >= 11 is 0. The number of carbonyl (C=O) groups is 4. The van der Waals surface area contributed by atoms with E-state index >= 15 is 0 Å². The zero-order chi connectivity index (χ0) is 28.2. The van der Waals surface area contributed by atoms with Crippen LogP contribution in [-0.2, 0) is 32.0 Å². The molecule has 0 aromatic heterocycles. The number of hydrogen-bond acceptors (Lipinski definition) is 6. The third-order valence-electron chi connectivity index (χ3n) is 5.94. The average molecular weight is 527 g/mol. The Morgan fingerprint density at radius 2 is 1.24 bits per heavy atom. The molecule has 2 aromatic rings. The highest BCUT2D eigenvalue weighted by Crippen LogP contribution is 2.09. The van der Waals surface area contributed by atoms with Gasteiger partial charge in [-0.25, -0.2) is 4.79 Å². The van der Waals surface area contributed by atoms with E-state index in [1.165, 1.54) is 6.92 Å². The quantitative estimate of drug-likeness (QED) is 0.211. The minimum Gasteiger partial charge on any atom is -0.480 e. The first-order chi connectivity index (χ1) is 18.0. The van der Waals surface area contributed by atoms with Crippen molar-refractivity contribution < 1.29 is 29.4 Å². The van der Waals surface area contributed by atoms with Crippen LogP contribution in [0.15, 0.2) is 60.7 Å². The summed E-state index contributed by atoms with van der Waals surface area (Å²) in [5, 5.41) is 27.2. The smallest absolute Gasteiger partial charge is 0.326 e. The molecule has 5 atom stereocenters. The molecule has 0 aliphatic heterocycles. The maximum Gasteiger partial charge on any atom is 0.326 e. The number of carboxylic acid groups (broad SMARTS) is 1. The first-order valence-electron chi connectivity index (χ1n) is 12.6. The van der Waals surface area contributed by atoms with Crippen molar-refractivity contribution in [2.24, 2.45) is 11.7 Å². The first kappa shape index (κ1) is 30.5. The minimum absolute atomic E-state index is 0.0125. The van der Waals surface area contributed by atoms with Gasteiger partial charge < -0.3 is 31.9 Å². The Bertz CT molecular complexity index is 1060. The number of aliphatic hydroxyl groups excluding tert-OH is 1. The van der Waals surface area contributed by atoms with Crippen LogP contribution >= 0.6 is 0 Å². The molecule has 0 radical (unpaired) electrons. The Labute approximate surface area is 223 Å². The Morgan fingerprint density at radius 1 is 0.737 bits per heavy atom. The van der Waals surface area contributed by atoms with E-state index in [0.717, 1.165) is 11.1 Å². The van der Waals surface area contributed by atoms with Crippen molar-refractivity contribution in [3.05, 3.63) is 71.8 Å². The second kappa shape index (κ2) is 14.8. The lowest BCUT2D eigenvalue weighted by atomic mass is 10.0. The first-order valence-corrected chi connectivity index (χ1v) is 12.6. The number of nitrogens with two attached hydrogens (primary N) is 1. The Balaban J connectivity index is 2.18. The molecule has 0 aliphatic carbocycles. The number of amides is 3. The third-order valence-corrected chi connectivity index (χ3v) is 5.94. The molecular weight excluding hydrogens is 488 g/mol. The van der Waals surface area contributed by atoms with Crippen LogP contribution in [0.1, 0.15) is 38.3 Å². The zero-order valence-electron chi connectivity index (χ0n) is 22.0. The number of aliphatic hydroxyl groups is 1. The lowest BCUT2D eigenvalue weighted by Gasteiger charge is -2.27. The van der Waals surface area contributed by atoms with E-state index < -0.39 is 54.0 Å². The summed E-state index contributed by atoms with van der Waals surface area (Å²) in [5.74, 6) is -3.34. The maximum absolute atomic E-state index is 13.3. The Kier molecular flexibility index (Phi) is 11.9. The summed E-state index contributed by atoms with van der Waals surface area (Å²) in [5.41, 5.74) is 7.72. The van der Waals surface area contributed by atoms with E-state index in [2.05, 4.69) is 16.0 Å². The van der Waals surface area contributed by atoms with Crippen molar-refractivity contribution in [1.29, 1.82) is 0 Å². The van der Waals surface area contributed by atoms with E-state index in [1.807, 2.05) is 50.2 Å². The molecule has 206 valence electrons. The minimum atomic E-state index is -1.44. The van der Waals surface area contributed by atoms with Gasteiger partial charge in [-0.15, -0.1) is 0 Å². The highest BCUT2D eigenvalue weighted by molar-refractivity contribution is 5.94. The normalized spacial score (nSPS) is 15.0. The Hall–Kier alpha value is -3.76. The van der Waals surface area contributed by atoms with Crippen LogP contribution in [0.5, 0.6) is 0 Å². The van der Waals surface area contributed by atoms with Crippen LogP contribution in [0.3, 0.4) is 0 Å². The topological polar surface area (TPSA) is 171 Å². The number of nitrogens with one attached hydrogen (secondary N) is 3. The lowest BCUT2D eigenvalue weighted by Crippen LogP contribution is -2.60. The summed E-state index contributed by atoms with van der Waals surface area (Å²) in [4.78, 5) is 50.7. The standard InChI is InChI=1S/C28H38N4O6/c1-17(2)14-23(28(37)38)31-27(36)24(18(3)33)32-26(35)22(16-20-12-8-5-9-13-20)30-25(34)21(29)15-19-10-6-4-7-11-19/h4-13,17-18,21-24,33H,14-16,29H2,1-3H3,(H,30,34)(H,31,36)(H,32,35)(H,37,38). The largest absolute Gasteiger partial charge is 0.480 e. The number of hydrogen-bond donors (Lipinski definition) is 6. The van der Waals surface area contributed by atoms with Crippen LogP contribution in [0.4, 0.5) is 0 Å². The number of rotatable bonds is 14. The molecule has 0 aliphatic rings. The molecule has 2 aromatic carbocycles. The predicted octanol–water partition coefficient (Wildman–Crippen LogP) is 0.765. The molecule has 0 saturated carbocycles. The molecule has 7 N–H and O–H groups in total. The molecule has 0 bridgehead atoms. The molecule has 10 nitrogen and oxygen atoms in total. The second-order valence-electron chi connectivity index (χ2n) is 9.80. The van der Waals surface area contributed by atoms with Gasteiger partial charge in [0.15, 0.2) is 0 Å². The van der Waals surface area contributed by atoms with Gasteiger partial charge in [0, 0.05) is 6.42 Å². The summed E-state index contributed by atoms with van der Waals surface area (Å²) in [7, 11) is 0.